The number of rotatable bonds is 7. The Labute approximate surface area is 170 Å². The highest BCUT2D eigenvalue weighted by molar-refractivity contribution is 7.89. The van der Waals surface area contributed by atoms with Gasteiger partial charge in [0.2, 0.25) is 15.9 Å². The zero-order valence-corrected chi connectivity index (χ0v) is 16.8. The first kappa shape index (κ1) is 20.6. The predicted octanol–water partition coefficient (Wildman–Crippen LogP) is 3.69. The second-order valence-corrected chi connectivity index (χ2v) is 8.33. The maximum absolute atomic E-state index is 12.2. The van der Waals surface area contributed by atoms with Crippen LogP contribution in [0.5, 0.6) is 0 Å². The van der Waals surface area contributed by atoms with Gasteiger partial charge in [0.05, 0.1) is 11.3 Å². The van der Waals surface area contributed by atoms with Crippen molar-refractivity contribution in [3.8, 4) is 0 Å². The van der Waals surface area contributed by atoms with Gasteiger partial charge in [0.15, 0.2) is 0 Å². The van der Waals surface area contributed by atoms with Gasteiger partial charge in [-0.2, -0.15) is 0 Å². The molecule has 0 aromatic heterocycles. The fourth-order valence-corrected chi connectivity index (χ4v) is 3.43. The van der Waals surface area contributed by atoms with E-state index in [1.54, 1.807) is 12.1 Å². The molecular weight excluding hydrogens is 386 g/mol. The van der Waals surface area contributed by atoms with Gasteiger partial charge < -0.3 is 10.6 Å². The fourth-order valence-electron chi connectivity index (χ4n) is 2.91. The second-order valence-electron chi connectivity index (χ2n) is 6.77. The van der Waals surface area contributed by atoms with Crippen molar-refractivity contribution in [2.75, 3.05) is 10.6 Å². The highest BCUT2D eigenvalue weighted by Crippen LogP contribution is 2.21. The van der Waals surface area contributed by atoms with E-state index in [0.29, 0.717) is 11.3 Å². The number of nitrogens with two attached hydrogens (primary N) is 1. The third kappa shape index (κ3) is 5.91. The topological polar surface area (TPSA) is 101 Å². The van der Waals surface area contributed by atoms with E-state index in [9.17, 15) is 13.2 Å². The molecule has 0 spiro atoms. The minimum absolute atomic E-state index is 0.0227. The molecule has 3 aromatic rings. The zero-order chi connectivity index (χ0) is 20.9. The van der Waals surface area contributed by atoms with Crippen LogP contribution in [0.1, 0.15) is 24.1 Å². The molecule has 1 unspecified atom stereocenters. The minimum Gasteiger partial charge on any atom is -0.379 e. The molecule has 0 saturated heterocycles. The lowest BCUT2D eigenvalue weighted by Gasteiger charge is -2.16. The lowest BCUT2D eigenvalue weighted by Crippen LogP contribution is -2.15. The number of hydrogen-bond acceptors (Lipinski definition) is 4. The SMILES string of the molecule is CC(Nc1ccc(NC(=O)Cc2ccc(S(N)(=O)=O)cc2)cc1)c1ccccc1. The van der Waals surface area contributed by atoms with E-state index in [0.717, 1.165) is 5.69 Å². The van der Waals surface area contributed by atoms with E-state index in [1.807, 2.05) is 42.5 Å². The summed E-state index contributed by atoms with van der Waals surface area (Å²) < 4.78 is 22.6. The van der Waals surface area contributed by atoms with E-state index in [4.69, 9.17) is 5.14 Å². The van der Waals surface area contributed by atoms with E-state index >= 15 is 0 Å². The molecule has 1 atom stereocenters. The van der Waals surface area contributed by atoms with Gasteiger partial charge in [-0.3, -0.25) is 4.79 Å². The lowest BCUT2D eigenvalue weighted by atomic mass is 10.1. The number of carbonyl (C=O) groups excluding carboxylic acids is 1. The molecule has 3 rings (SSSR count). The summed E-state index contributed by atoms with van der Waals surface area (Å²) in [5.41, 5.74) is 3.54. The summed E-state index contributed by atoms with van der Waals surface area (Å²) >= 11 is 0. The van der Waals surface area contributed by atoms with Crippen molar-refractivity contribution in [1.29, 1.82) is 0 Å². The summed E-state index contributed by atoms with van der Waals surface area (Å²) in [5, 5.41) is 11.3. The quantitative estimate of drug-likeness (QED) is 0.554. The van der Waals surface area contributed by atoms with Gasteiger partial charge in [-0.1, -0.05) is 42.5 Å². The molecule has 29 heavy (non-hydrogen) atoms. The average Bonchev–Trinajstić information content (AvgIpc) is 2.70. The van der Waals surface area contributed by atoms with Crippen LogP contribution in [0, 0.1) is 0 Å². The molecule has 4 N–H and O–H groups in total. The molecule has 0 aliphatic heterocycles. The standard InChI is InChI=1S/C22H23N3O3S/c1-16(18-5-3-2-4-6-18)24-19-9-11-20(12-10-19)25-22(26)15-17-7-13-21(14-8-17)29(23,27)28/h2-14,16,24H,15H2,1H3,(H,25,26)(H2,23,27,28). The fraction of sp³-hybridized carbons (Fsp3) is 0.136. The van der Waals surface area contributed by atoms with Gasteiger partial charge in [0.1, 0.15) is 0 Å². The number of benzene rings is 3. The number of primary sulfonamides is 1. The summed E-state index contributed by atoms with van der Waals surface area (Å²) in [6, 6.07) is 23.8. The van der Waals surface area contributed by atoms with E-state index < -0.39 is 10.0 Å². The van der Waals surface area contributed by atoms with Crippen LogP contribution in [-0.2, 0) is 21.2 Å². The molecule has 1 amide bonds. The third-order valence-electron chi connectivity index (χ3n) is 4.47. The van der Waals surface area contributed by atoms with Crippen LogP contribution < -0.4 is 15.8 Å². The number of sulfonamides is 1. The number of anilines is 2. The lowest BCUT2D eigenvalue weighted by molar-refractivity contribution is -0.115. The monoisotopic (exact) mass is 409 g/mol. The molecule has 3 aromatic carbocycles. The van der Waals surface area contributed by atoms with Crippen LogP contribution in [0.15, 0.2) is 83.8 Å². The first-order chi connectivity index (χ1) is 13.8. The number of hydrogen-bond donors (Lipinski definition) is 3. The molecule has 0 saturated carbocycles. The van der Waals surface area contributed by atoms with Gasteiger partial charge in [-0.25, -0.2) is 13.6 Å². The summed E-state index contributed by atoms with van der Waals surface area (Å²) in [4.78, 5) is 12.3. The molecule has 6 nitrogen and oxygen atoms in total. The van der Waals surface area contributed by atoms with Gasteiger partial charge in [0, 0.05) is 17.4 Å². The Hall–Kier alpha value is -3.16. The van der Waals surface area contributed by atoms with Crippen molar-refractivity contribution in [2.45, 2.75) is 24.3 Å². The molecule has 0 radical (unpaired) electrons. The zero-order valence-electron chi connectivity index (χ0n) is 16.0. The Morgan fingerprint density at radius 1 is 0.897 bits per heavy atom. The Bertz CT molecular complexity index is 1060. The van der Waals surface area contributed by atoms with Crippen LogP contribution in [0.4, 0.5) is 11.4 Å². The van der Waals surface area contributed by atoms with Gasteiger partial charge in [-0.15, -0.1) is 0 Å². The molecule has 0 aliphatic rings. The molecule has 0 aliphatic carbocycles. The Morgan fingerprint density at radius 2 is 1.48 bits per heavy atom. The summed E-state index contributed by atoms with van der Waals surface area (Å²) in [7, 11) is -3.73. The molecule has 150 valence electrons. The molecule has 0 bridgehead atoms. The smallest absolute Gasteiger partial charge is 0.238 e. The van der Waals surface area contributed by atoms with Crippen LogP contribution in [0.2, 0.25) is 0 Å². The van der Waals surface area contributed by atoms with Crippen molar-refractivity contribution in [2.24, 2.45) is 5.14 Å². The molecule has 0 fully saturated rings. The van der Waals surface area contributed by atoms with Gasteiger partial charge >= 0.3 is 0 Å². The summed E-state index contributed by atoms with van der Waals surface area (Å²) in [6.45, 7) is 2.09. The van der Waals surface area contributed by atoms with Crippen LogP contribution in [0.3, 0.4) is 0 Å². The third-order valence-corrected chi connectivity index (χ3v) is 5.40. The van der Waals surface area contributed by atoms with Crippen molar-refractivity contribution < 1.29 is 13.2 Å². The normalized spacial score (nSPS) is 12.2. The maximum atomic E-state index is 12.2. The Balaban J connectivity index is 1.56. The predicted molar refractivity (Wildman–Crippen MR) is 115 cm³/mol. The number of carbonyl (C=O) groups is 1. The average molecular weight is 410 g/mol. The van der Waals surface area contributed by atoms with E-state index in [2.05, 4.69) is 29.7 Å². The van der Waals surface area contributed by atoms with Crippen LogP contribution in [-0.4, -0.2) is 14.3 Å². The van der Waals surface area contributed by atoms with Gasteiger partial charge in [0.25, 0.3) is 0 Å². The first-order valence-corrected chi connectivity index (χ1v) is 10.7. The highest BCUT2D eigenvalue weighted by atomic mass is 32.2. The number of amides is 1. The van der Waals surface area contributed by atoms with Crippen LogP contribution in [0.25, 0.3) is 0 Å². The largest absolute Gasteiger partial charge is 0.379 e. The van der Waals surface area contributed by atoms with Crippen molar-refractivity contribution in [1.82, 2.24) is 0 Å². The van der Waals surface area contributed by atoms with Crippen molar-refractivity contribution in [3.05, 3.63) is 90.0 Å². The van der Waals surface area contributed by atoms with Crippen LogP contribution >= 0.6 is 0 Å². The Kier molecular flexibility index (Phi) is 6.31. The van der Waals surface area contributed by atoms with Gasteiger partial charge in [-0.05, 0) is 54.4 Å². The second kappa shape index (κ2) is 8.89. The highest BCUT2D eigenvalue weighted by Gasteiger charge is 2.09. The molecular formula is C22H23N3O3S. The van der Waals surface area contributed by atoms with Crippen molar-refractivity contribution in [3.63, 3.8) is 0 Å². The molecule has 7 heteroatoms. The minimum atomic E-state index is -3.73. The molecule has 0 heterocycles. The first-order valence-electron chi connectivity index (χ1n) is 9.14. The summed E-state index contributed by atoms with van der Waals surface area (Å²) in [5.74, 6) is -0.188. The maximum Gasteiger partial charge on any atom is 0.238 e. The Morgan fingerprint density at radius 3 is 2.07 bits per heavy atom. The number of nitrogens with one attached hydrogen (secondary N) is 2. The summed E-state index contributed by atoms with van der Waals surface area (Å²) in [6.07, 6.45) is 0.135. The van der Waals surface area contributed by atoms with E-state index in [1.165, 1.54) is 17.7 Å². The van der Waals surface area contributed by atoms with Crippen molar-refractivity contribution >= 4 is 27.3 Å². The van der Waals surface area contributed by atoms with E-state index in [-0.39, 0.29) is 23.3 Å².